The monoisotopic (exact) mass is 588 g/mol. The van der Waals surface area contributed by atoms with Crippen molar-refractivity contribution in [2.45, 2.75) is 75.4 Å². The third-order valence-corrected chi connectivity index (χ3v) is 8.87. The topological polar surface area (TPSA) is 127 Å². The van der Waals surface area contributed by atoms with Gasteiger partial charge in [0.05, 0.1) is 22.3 Å². The minimum atomic E-state index is -0.619. The Bertz CT molecular complexity index is 1170. The van der Waals surface area contributed by atoms with E-state index in [1.54, 1.807) is 17.0 Å². The van der Waals surface area contributed by atoms with Crippen LogP contribution in [-0.4, -0.2) is 65.0 Å². The van der Waals surface area contributed by atoms with Crippen molar-refractivity contribution in [3.8, 4) is 0 Å². The summed E-state index contributed by atoms with van der Waals surface area (Å²) < 4.78 is 0. The van der Waals surface area contributed by atoms with Crippen LogP contribution in [0.4, 0.5) is 0 Å². The molecule has 0 saturated carbocycles. The molecule has 0 spiro atoms. The van der Waals surface area contributed by atoms with Gasteiger partial charge in [-0.25, -0.2) is 10.9 Å². The number of carbonyl (C=O) groups excluding carboxylic acids is 2. The zero-order chi connectivity index (χ0) is 28.1. The summed E-state index contributed by atoms with van der Waals surface area (Å²) >= 11 is 12.2. The van der Waals surface area contributed by atoms with Gasteiger partial charge in [-0.15, -0.1) is 0 Å². The van der Waals surface area contributed by atoms with Crippen molar-refractivity contribution in [1.29, 1.82) is 0 Å². The third-order valence-electron chi connectivity index (χ3n) is 8.13. The number of rotatable bonds is 10. The number of nitrogens with one attached hydrogen (secondary N) is 5. The highest BCUT2D eigenvalue weighted by atomic mass is 35.5. The van der Waals surface area contributed by atoms with Crippen LogP contribution in [0.1, 0.15) is 43.2 Å². The SMILES string of the molecule is N[C@@H]1C[C@H]2C(=O)N([C@H](CCC3NNNN3)C(=O)NCc3ccc(Cl)c(Cl)c3)CCC(CCc3ccccc3)N2C1. The lowest BCUT2D eigenvalue weighted by molar-refractivity contribution is -0.143. The first-order chi connectivity index (χ1) is 19.4. The van der Waals surface area contributed by atoms with E-state index in [0.29, 0.717) is 42.4 Å². The van der Waals surface area contributed by atoms with E-state index in [-0.39, 0.29) is 42.7 Å². The molecule has 2 aromatic rings. The predicted octanol–water partition coefficient (Wildman–Crippen LogP) is 1.84. The molecule has 12 heteroatoms. The fourth-order valence-corrected chi connectivity index (χ4v) is 6.35. The molecule has 216 valence electrons. The molecule has 3 aliphatic rings. The second kappa shape index (κ2) is 13.6. The van der Waals surface area contributed by atoms with E-state index in [1.165, 1.54) is 5.56 Å². The highest BCUT2D eigenvalue weighted by molar-refractivity contribution is 6.42. The van der Waals surface area contributed by atoms with Crippen LogP contribution in [0.5, 0.6) is 0 Å². The molecule has 3 saturated heterocycles. The summed E-state index contributed by atoms with van der Waals surface area (Å²) in [4.78, 5) is 31.9. The van der Waals surface area contributed by atoms with Gasteiger partial charge in [-0.2, -0.15) is 11.1 Å². The van der Waals surface area contributed by atoms with Crippen molar-refractivity contribution in [2.75, 3.05) is 13.1 Å². The molecule has 1 unspecified atom stereocenters. The second-order valence-electron chi connectivity index (χ2n) is 10.9. The fourth-order valence-electron chi connectivity index (χ4n) is 6.03. The lowest BCUT2D eigenvalue weighted by atomic mass is 10.0. The molecule has 3 fully saturated rings. The number of hydrogen-bond acceptors (Lipinski definition) is 8. The Morgan fingerprint density at radius 2 is 1.82 bits per heavy atom. The van der Waals surface area contributed by atoms with Crippen molar-refractivity contribution in [3.63, 3.8) is 0 Å². The summed E-state index contributed by atoms with van der Waals surface area (Å²) in [7, 11) is 0. The van der Waals surface area contributed by atoms with Crippen molar-refractivity contribution >= 4 is 35.0 Å². The standard InChI is InChI=1S/C28H38Cl2N8O2/c29-22-9-7-19(14-23(22)30)16-32-27(39)24(10-11-26-33-35-36-34-26)37-13-12-21(8-6-18-4-2-1-3-5-18)38-17-20(31)15-25(38)28(37)40/h1-5,7,9,14,20-21,24-26,33-36H,6,8,10-13,15-17,31H2,(H,32,39)/t20-,21?,24-,25+/m1/s1. The van der Waals surface area contributed by atoms with Gasteiger partial charge in [-0.05, 0) is 61.8 Å². The summed E-state index contributed by atoms with van der Waals surface area (Å²) in [6.45, 7) is 1.51. The Balaban J connectivity index is 1.32. The fraction of sp³-hybridized carbons (Fsp3) is 0.500. The van der Waals surface area contributed by atoms with Crippen LogP contribution in [0.15, 0.2) is 48.5 Å². The van der Waals surface area contributed by atoms with Crippen molar-refractivity contribution in [1.82, 2.24) is 37.0 Å². The molecule has 7 N–H and O–H groups in total. The quantitative estimate of drug-likeness (QED) is 0.248. The first kappa shape index (κ1) is 29.2. The van der Waals surface area contributed by atoms with Gasteiger partial charge in [-0.1, -0.05) is 59.6 Å². The summed E-state index contributed by atoms with van der Waals surface area (Å²) in [6.07, 6.45) is 4.30. The smallest absolute Gasteiger partial charge is 0.243 e. The Labute approximate surface area is 245 Å². The van der Waals surface area contributed by atoms with Gasteiger partial charge in [0.1, 0.15) is 6.04 Å². The van der Waals surface area contributed by atoms with Gasteiger partial charge < -0.3 is 16.0 Å². The van der Waals surface area contributed by atoms with E-state index < -0.39 is 6.04 Å². The van der Waals surface area contributed by atoms with Gasteiger partial charge in [0.15, 0.2) is 0 Å². The number of halogens is 2. The summed E-state index contributed by atoms with van der Waals surface area (Å²) in [5.74, 6) is -0.191. The zero-order valence-corrected chi connectivity index (χ0v) is 23.9. The number of benzene rings is 2. The molecule has 0 aliphatic carbocycles. The van der Waals surface area contributed by atoms with Gasteiger partial charge in [0.25, 0.3) is 0 Å². The van der Waals surface area contributed by atoms with Crippen LogP contribution >= 0.6 is 23.2 Å². The molecule has 10 nitrogen and oxygen atoms in total. The number of fused-ring (bicyclic) bond motifs is 1. The van der Waals surface area contributed by atoms with Gasteiger partial charge in [0.2, 0.25) is 11.8 Å². The molecule has 0 radical (unpaired) electrons. The van der Waals surface area contributed by atoms with E-state index in [1.807, 2.05) is 12.1 Å². The maximum atomic E-state index is 14.1. The zero-order valence-electron chi connectivity index (χ0n) is 22.4. The lowest BCUT2D eigenvalue weighted by Crippen LogP contribution is -2.53. The van der Waals surface area contributed by atoms with Crippen LogP contribution in [-0.2, 0) is 22.6 Å². The summed E-state index contributed by atoms with van der Waals surface area (Å²) in [6, 6.07) is 15.0. The van der Waals surface area contributed by atoms with Crippen LogP contribution in [0.3, 0.4) is 0 Å². The molecule has 2 aromatic carbocycles. The van der Waals surface area contributed by atoms with E-state index >= 15 is 0 Å². The molecular weight excluding hydrogens is 551 g/mol. The molecule has 5 rings (SSSR count). The largest absolute Gasteiger partial charge is 0.350 e. The van der Waals surface area contributed by atoms with E-state index in [4.69, 9.17) is 28.9 Å². The number of hydrogen-bond donors (Lipinski definition) is 6. The number of carbonyl (C=O) groups is 2. The Hall–Kier alpha value is -2.28. The molecule has 3 heterocycles. The van der Waals surface area contributed by atoms with E-state index in [2.05, 4.69) is 56.4 Å². The number of nitrogens with zero attached hydrogens (tertiary/aromatic N) is 2. The Morgan fingerprint density at radius 1 is 1.05 bits per heavy atom. The average Bonchev–Trinajstić information content (AvgIpc) is 3.60. The average molecular weight is 590 g/mol. The van der Waals surface area contributed by atoms with E-state index in [9.17, 15) is 9.59 Å². The maximum absolute atomic E-state index is 14.1. The number of amides is 2. The first-order valence-electron chi connectivity index (χ1n) is 14.0. The lowest BCUT2D eigenvalue weighted by Gasteiger charge is -2.32. The van der Waals surface area contributed by atoms with Gasteiger partial charge >= 0.3 is 0 Å². The number of nitrogens with two attached hydrogens (primary N) is 1. The number of hydrazine groups is 3. The summed E-state index contributed by atoms with van der Waals surface area (Å²) in [5.41, 5.74) is 20.3. The summed E-state index contributed by atoms with van der Waals surface area (Å²) in [5, 5.41) is 3.94. The van der Waals surface area contributed by atoms with Crippen LogP contribution in [0.25, 0.3) is 0 Å². The van der Waals surface area contributed by atoms with Gasteiger partial charge in [0, 0.05) is 31.7 Å². The molecule has 3 aliphatic heterocycles. The van der Waals surface area contributed by atoms with Crippen LogP contribution in [0, 0.1) is 0 Å². The molecule has 2 amide bonds. The molecule has 40 heavy (non-hydrogen) atoms. The molecule has 4 atom stereocenters. The van der Waals surface area contributed by atoms with Crippen molar-refractivity contribution in [3.05, 3.63) is 69.7 Å². The molecule has 0 aromatic heterocycles. The maximum Gasteiger partial charge on any atom is 0.243 e. The third kappa shape index (κ3) is 7.13. The highest BCUT2D eigenvalue weighted by Crippen LogP contribution is 2.30. The van der Waals surface area contributed by atoms with Crippen molar-refractivity contribution < 1.29 is 9.59 Å². The highest BCUT2D eigenvalue weighted by Gasteiger charge is 2.45. The van der Waals surface area contributed by atoms with E-state index in [0.717, 1.165) is 24.8 Å². The first-order valence-corrected chi connectivity index (χ1v) is 14.7. The predicted molar refractivity (Wildman–Crippen MR) is 156 cm³/mol. The minimum absolute atomic E-state index is 0.00608. The molecule has 0 bridgehead atoms. The normalized spacial score (nSPS) is 24.6. The number of aryl methyl sites for hydroxylation is 1. The Kier molecular flexibility index (Phi) is 9.93. The van der Waals surface area contributed by atoms with Crippen LogP contribution < -0.4 is 33.0 Å². The molecular formula is C28H38Cl2N8O2. The Morgan fingerprint density at radius 3 is 2.58 bits per heavy atom. The van der Waals surface area contributed by atoms with Gasteiger partial charge in [-0.3, -0.25) is 14.5 Å². The minimum Gasteiger partial charge on any atom is -0.350 e. The van der Waals surface area contributed by atoms with Crippen molar-refractivity contribution in [2.24, 2.45) is 5.73 Å². The van der Waals surface area contributed by atoms with Crippen LogP contribution in [0.2, 0.25) is 10.0 Å². The second-order valence-corrected chi connectivity index (χ2v) is 11.7.